The Kier molecular flexibility index (Phi) is 4.95. The SMILES string of the molecule is Cc1cccc(-n2c(C)nnc2SCc2ccc(Cl)c(Cl)c2)c1. The summed E-state index contributed by atoms with van der Waals surface area (Å²) in [7, 11) is 0. The summed E-state index contributed by atoms with van der Waals surface area (Å²) in [5.41, 5.74) is 3.38. The van der Waals surface area contributed by atoms with Gasteiger partial charge in [-0.05, 0) is 49.2 Å². The van der Waals surface area contributed by atoms with Crippen molar-refractivity contribution in [2.24, 2.45) is 0 Å². The van der Waals surface area contributed by atoms with Gasteiger partial charge in [-0.3, -0.25) is 4.57 Å². The van der Waals surface area contributed by atoms with Crippen LogP contribution in [0.5, 0.6) is 0 Å². The normalized spacial score (nSPS) is 11.0. The fourth-order valence-corrected chi connectivity index (χ4v) is 3.54. The van der Waals surface area contributed by atoms with Crippen LogP contribution in [-0.4, -0.2) is 14.8 Å². The van der Waals surface area contributed by atoms with Crippen molar-refractivity contribution in [1.29, 1.82) is 0 Å². The van der Waals surface area contributed by atoms with Crippen molar-refractivity contribution in [1.82, 2.24) is 14.8 Å². The Morgan fingerprint density at radius 1 is 1.00 bits per heavy atom. The molecule has 0 aliphatic carbocycles. The molecule has 3 rings (SSSR count). The zero-order valence-corrected chi connectivity index (χ0v) is 15.1. The van der Waals surface area contributed by atoms with E-state index in [2.05, 4.69) is 39.9 Å². The van der Waals surface area contributed by atoms with E-state index >= 15 is 0 Å². The summed E-state index contributed by atoms with van der Waals surface area (Å²) in [6.07, 6.45) is 0. The van der Waals surface area contributed by atoms with E-state index in [1.807, 2.05) is 31.2 Å². The number of halogens is 2. The van der Waals surface area contributed by atoms with Gasteiger partial charge in [0.05, 0.1) is 10.0 Å². The van der Waals surface area contributed by atoms with Gasteiger partial charge in [-0.2, -0.15) is 0 Å². The first-order valence-electron chi connectivity index (χ1n) is 7.10. The zero-order chi connectivity index (χ0) is 16.4. The first kappa shape index (κ1) is 16.4. The smallest absolute Gasteiger partial charge is 0.196 e. The monoisotopic (exact) mass is 363 g/mol. The quantitative estimate of drug-likeness (QED) is 0.574. The lowest BCUT2D eigenvalue weighted by Crippen LogP contribution is -1.99. The molecular formula is C17H15Cl2N3S. The average molecular weight is 364 g/mol. The highest BCUT2D eigenvalue weighted by atomic mass is 35.5. The topological polar surface area (TPSA) is 30.7 Å². The molecule has 0 saturated heterocycles. The Balaban J connectivity index is 1.85. The molecular weight excluding hydrogens is 349 g/mol. The van der Waals surface area contributed by atoms with Gasteiger partial charge < -0.3 is 0 Å². The molecule has 1 heterocycles. The van der Waals surface area contributed by atoms with Crippen molar-refractivity contribution in [2.45, 2.75) is 24.8 Å². The second-order valence-electron chi connectivity index (χ2n) is 5.24. The van der Waals surface area contributed by atoms with E-state index in [-0.39, 0.29) is 0 Å². The van der Waals surface area contributed by atoms with Crippen LogP contribution in [0.4, 0.5) is 0 Å². The Bertz CT molecular complexity index is 846. The van der Waals surface area contributed by atoms with Gasteiger partial charge in [0.1, 0.15) is 5.82 Å². The number of benzene rings is 2. The van der Waals surface area contributed by atoms with Crippen molar-refractivity contribution in [2.75, 3.05) is 0 Å². The van der Waals surface area contributed by atoms with Gasteiger partial charge in [-0.1, -0.05) is 53.2 Å². The van der Waals surface area contributed by atoms with Gasteiger partial charge in [-0.15, -0.1) is 10.2 Å². The predicted octanol–water partition coefficient (Wildman–Crippen LogP) is 5.48. The molecule has 0 saturated carbocycles. The van der Waals surface area contributed by atoms with Crippen molar-refractivity contribution in [3.05, 3.63) is 69.5 Å². The number of thioether (sulfide) groups is 1. The van der Waals surface area contributed by atoms with Crippen molar-refractivity contribution in [3.8, 4) is 5.69 Å². The summed E-state index contributed by atoms with van der Waals surface area (Å²) in [6, 6.07) is 14.0. The number of hydrogen-bond acceptors (Lipinski definition) is 3. The molecule has 2 aromatic carbocycles. The highest BCUT2D eigenvalue weighted by Crippen LogP contribution is 2.28. The Morgan fingerprint density at radius 2 is 1.83 bits per heavy atom. The number of nitrogens with zero attached hydrogens (tertiary/aromatic N) is 3. The average Bonchev–Trinajstić information content (AvgIpc) is 2.89. The van der Waals surface area contributed by atoms with E-state index in [9.17, 15) is 0 Å². The van der Waals surface area contributed by atoms with E-state index in [1.54, 1.807) is 11.8 Å². The molecule has 0 unspecified atom stereocenters. The fourth-order valence-electron chi connectivity index (χ4n) is 2.28. The van der Waals surface area contributed by atoms with Crippen LogP contribution in [-0.2, 0) is 5.75 Å². The third kappa shape index (κ3) is 3.71. The minimum atomic E-state index is 0.569. The van der Waals surface area contributed by atoms with Crippen molar-refractivity contribution in [3.63, 3.8) is 0 Å². The minimum Gasteiger partial charge on any atom is -0.274 e. The van der Waals surface area contributed by atoms with E-state index in [0.29, 0.717) is 10.0 Å². The summed E-state index contributed by atoms with van der Waals surface area (Å²) < 4.78 is 2.06. The maximum absolute atomic E-state index is 6.07. The molecule has 0 aliphatic heterocycles. The Morgan fingerprint density at radius 3 is 2.57 bits per heavy atom. The van der Waals surface area contributed by atoms with E-state index in [4.69, 9.17) is 23.2 Å². The summed E-state index contributed by atoms with van der Waals surface area (Å²) in [5.74, 6) is 1.62. The van der Waals surface area contributed by atoms with Crippen molar-refractivity contribution < 1.29 is 0 Å². The first-order valence-corrected chi connectivity index (χ1v) is 8.84. The molecule has 0 fully saturated rings. The Labute approximate surface area is 149 Å². The molecule has 3 nitrogen and oxygen atoms in total. The van der Waals surface area contributed by atoms with Crippen molar-refractivity contribution >= 4 is 35.0 Å². The predicted molar refractivity (Wildman–Crippen MR) is 96.9 cm³/mol. The Hall–Kier alpha value is -1.49. The molecule has 118 valence electrons. The molecule has 0 amide bonds. The van der Waals surface area contributed by atoms with Gasteiger partial charge in [0.15, 0.2) is 5.16 Å². The van der Waals surface area contributed by atoms with Crippen LogP contribution in [0.2, 0.25) is 10.0 Å². The molecule has 0 spiro atoms. The summed E-state index contributed by atoms with van der Waals surface area (Å²) in [4.78, 5) is 0. The van der Waals surface area contributed by atoms with Crippen LogP contribution in [0.15, 0.2) is 47.6 Å². The van der Waals surface area contributed by atoms with E-state index in [1.165, 1.54) is 5.56 Å². The lowest BCUT2D eigenvalue weighted by molar-refractivity contribution is 0.867. The van der Waals surface area contributed by atoms with Gasteiger partial charge in [0.2, 0.25) is 0 Å². The number of hydrogen-bond donors (Lipinski definition) is 0. The molecule has 1 aromatic heterocycles. The number of rotatable bonds is 4. The van der Waals surface area contributed by atoms with Gasteiger partial charge >= 0.3 is 0 Å². The zero-order valence-electron chi connectivity index (χ0n) is 12.8. The standard InChI is InChI=1S/C17H15Cl2N3S/c1-11-4-3-5-14(8-11)22-12(2)20-21-17(22)23-10-13-6-7-15(18)16(19)9-13/h3-9H,10H2,1-2H3. The molecule has 23 heavy (non-hydrogen) atoms. The van der Waals surface area contributed by atoms with Gasteiger partial charge in [0, 0.05) is 11.4 Å². The fraction of sp³-hybridized carbons (Fsp3) is 0.176. The van der Waals surface area contributed by atoms with Crippen LogP contribution in [0.25, 0.3) is 5.69 Å². The molecule has 0 radical (unpaired) electrons. The van der Waals surface area contributed by atoms with Gasteiger partial charge in [-0.25, -0.2) is 0 Å². The van der Waals surface area contributed by atoms with Crippen LogP contribution < -0.4 is 0 Å². The summed E-state index contributed by atoms with van der Waals surface area (Å²) in [5, 5.41) is 10.5. The van der Waals surface area contributed by atoms with Gasteiger partial charge in [0.25, 0.3) is 0 Å². The summed E-state index contributed by atoms with van der Waals surface area (Å²) in [6.45, 7) is 4.03. The third-order valence-electron chi connectivity index (χ3n) is 3.41. The van der Waals surface area contributed by atoms with E-state index in [0.717, 1.165) is 28.0 Å². The highest BCUT2D eigenvalue weighted by Gasteiger charge is 2.12. The van der Waals surface area contributed by atoms with Crippen LogP contribution in [0.3, 0.4) is 0 Å². The lowest BCUT2D eigenvalue weighted by Gasteiger charge is -2.09. The molecule has 0 bridgehead atoms. The van der Waals surface area contributed by atoms with Crippen LogP contribution in [0.1, 0.15) is 17.0 Å². The second-order valence-corrected chi connectivity index (χ2v) is 7.00. The molecule has 0 N–H and O–H groups in total. The summed E-state index contributed by atoms with van der Waals surface area (Å²) >= 11 is 13.6. The first-order chi connectivity index (χ1) is 11.0. The maximum atomic E-state index is 6.07. The largest absolute Gasteiger partial charge is 0.274 e. The minimum absolute atomic E-state index is 0.569. The van der Waals surface area contributed by atoms with Crippen LogP contribution in [0, 0.1) is 13.8 Å². The molecule has 0 atom stereocenters. The molecule has 0 aliphatic rings. The molecule has 6 heteroatoms. The van der Waals surface area contributed by atoms with E-state index < -0.39 is 0 Å². The molecule has 3 aromatic rings. The lowest BCUT2D eigenvalue weighted by atomic mass is 10.2. The number of aryl methyl sites for hydroxylation is 2. The maximum Gasteiger partial charge on any atom is 0.196 e. The highest BCUT2D eigenvalue weighted by molar-refractivity contribution is 7.98. The second kappa shape index (κ2) is 6.95. The van der Waals surface area contributed by atoms with Crippen LogP contribution >= 0.6 is 35.0 Å². The third-order valence-corrected chi connectivity index (χ3v) is 5.15. The number of aromatic nitrogens is 3.